The van der Waals surface area contributed by atoms with Crippen LogP contribution in [0.25, 0.3) is 0 Å². The Labute approximate surface area is 145 Å². The third-order valence-corrected chi connectivity index (χ3v) is 8.01. The van der Waals surface area contributed by atoms with Gasteiger partial charge in [-0.05, 0) is 49.4 Å². The maximum Gasteiger partial charge on any atom is 0.136 e. The van der Waals surface area contributed by atoms with Crippen LogP contribution in [-0.2, 0) is 0 Å². The molecule has 3 aromatic rings. The Balaban J connectivity index is 2.35. The Hall–Kier alpha value is -2.43. The molecular formula is C23H22P+. The summed E-state index contributed by atoms with van der Waals surface area (Å²) in [6.45, 7) is 6.12. The summed E-state index contributed by atoms with van der Waals surface area (Å²) in [5.74, 6) is 2.38. The Morgan fingerprint density at radius 2 is 1.00 bits per heavy atom. The Morgan fingerprint density at radius 3 is 1.29 bits per heavy atom. The third kappa shape index (κ3) is 3.25. The SMILES string of the molecule is C=C(C)C=C[P+](c1ccccc1)(c1ccccc1)c1ccccc1. The van der Waals surface area contributed by atoms with E-state index in [4.69, 9.17) is 0 Å². The fraction of sp³-hybridized carbons (Fsp3) is 0.0435. The van der Waals surface area contributed by atoms with Crippen molar-refractivity contribution in [3.8, 4) is 0 Å². The lowest BCUT2D eigenvalue weighted by Crippen LogP contribution is -2.29. The zero-order valence-electron chi connectivity index (χ0n) is 14.0. The first-order valence-corrected chi connectivity index (χ1v) is 9.99. The molecule has 0 aromatic heterocycles. The monoisotopic (exact) mass is 329 g/mol. The van der Waals surface area contributed by atoms with E-state index in [-0.39, 0.29) is 0 Å². The Morgan fingerprint density at radius 1 is 0.667 bits per heavy atom. The number of benzene rings is 3. The minimum atomic E-state index is -1.85. The van der Waals surface area contributed by atoms with Gasteiger partial charge in [0.25, 0.3) is 0 Å². The minimum Gasteiger partial charge on any atom is -0.0960 e. The average molecular weight is 329 g/mol. The van der Waals surface area contributed by atoms with Crippen LogP contribution in [0.5, 0.6) is 0 Å². The summed E-state index contributed by atoms with van der Waals surface area (Å²) >= 11 is 0. The Kier molecular flexibility index (Phi) is 5.08. The second kappa shape index (κ2) is 7.43. The van der Waals surface area contributed by atoms with E-state index < -0.39 is 7.26 Å². The number of hydrogen-bond acceptors (Lipinski definition) is 0. The molecule has 0 N–H and O–H groups in total. The molecule has 0 aliphatic carbocycles. The molecule has 0 nitrogen and oxygen atoms in total. The van der Waals surface area contributed by atoms with Crippen LogP contribution < -0.4 is 15.9 Å². The first-order chi connectivity index (χ1) is 11.7. The molecule has 3 aromatic carbocycles. The summed E-state index contributed by atoms with van der Waals surface area (Å²) < 4.78 is 0. The zero-order chi connectivity index (χ0) is 16.8. The molecule has 24 heavy (non-hydrogen) atoms. The number of hydrogen-bond donors (Lipinski definition) is 0. The fourth-order valence-corrected chi connectivity index (χ4v) is 6.75. The van der Waals surface area contributed by atoms with Crippen LogP contribution in [0.1, 0.15) is 6.92 Å². The van der Waals surface area contributed by atoms with Crippen molar-refractivity contribution in [1.82, 2.24) is 0 Å². The molecule has 0 aliphatic rings. The zero-order valence-corrected chi connectivity index (χ0v) is 14.9. The molecule has 0 saturated heterocycles. The van der Waals surface area contributed by atoms with Crippen molar-refractivity contribution in [2.24, 2.45) is 0 Å². The summed E-state index contributed by atoms with van der Waals surface area (Å²) in [4.78, 5) is 0. The van der Waals surface area contributed by atoms with Gasteiger partial charge >= 0.3 is 0 Å². The molecule has 118 valence electrons. The topological polar surface area (TPSA) is 0 Å². The molecule has 0 radical (unpaired) electrons. The van der Waals surface area contributed by atoms with Gasteiger partial charge in [-0.25, -0.2) is 0 Å². The largest absolute Gasteiger partial charge is 0.136 e. The molecule has 0 unspecified atom stereocenters. The predicted octanol–water partition coefficient (Wildman–Crippen LogP) is 5.07. The molecule has 0 spiro atoms. The molecular weight excluding hydrogens is 307 g/mol. The highest BCUT2D eigenvalue weighted by Gasteiger charge is 2.42. The molecule has 1 heteroatoms. The van der Waals surface area contributed by atoms with Gasteiger partial charge in [0.1, 0.15) is 23.2 Å². The second-order valence-corrected chi connectivity index (χ2v) is 9.18. The van der Waals surface area contributed by atoms with Crippen LogP contribution >= 0.6 is 7.26 Å². The summed E-state index contributed by atoms with van der Waals surface area (Å²) in [5, 5.41) is 4.08. The molecule has 0 heterocycles. The molecule has 3 rings (SSSR count). The molecule has 0 fully saturated rings. The standard InChI is InChI=1S/C23H22P/c1-20(2)18-19-24(21-12-6-3-7-13-21,22-14-8-4-9-15-22)23-16-10-5-11-17-23/h3-19H,1H2,2H3/q+1. The van der Waals surface area contributed by atoms with Gasteiger partial charge in [0.15, 0.2) is 0 Å². The maximum absolute atomic E-state index is 4.07. The van der Waals surface area contributed by atoms with Crippen LogP contribution in [0, 0.1) is 0 Å². The van der Waals surface area contributed by atoms with Crippen LogP contribution in [0.15, 0.2) is 115 Å². The lowest BCUT2D eigenvalue weighted by Gasteiger charge is -2.24. The van der Waals surface area contributed by atoms with Gasteiger partial charge in [-0.1, -0.05) is 66.7 Å². The van der Waals surface area contributed by atoms with Gasteiger partial charge in [0, 0.05) is 0 Å². The second-order valence-electron chi connectivity index (χ2n) is 5.89. The maximum atomic E-state index is 4.07. The van der Waals surface area contributed by atoms with Crippen molar-refractivity contribution in [2.45, 2.75) is 6.92 Å². The van der Waals surface area contributed by atoms with E-state index in [2.05, 4.69) is 109 Å². The molecule has 0 aliphatic heterocycles. The predicted molar refractivity (Wildman–Crippen MR) is 109 cm³/mol. The van der Waals surface area contributed by atoms with E-state index in [0.29, 0.717) is 0 Å². The van der Waals surface area contributed by atoms with Gasteiger partial charge in [0.05, 0.1) is 5.82 Å². The van der Waals surface area contributed by atoms with Gasteiger partial charge in [0.2, 0.25) is 0 Å². The Bertz CT molecular complexity index is 721. The van der Waals surface area contributed by atoms with Crippen molar-refractivity contribution in [3.63, 3.8) is 0 Å². The van der Waals surface area contributed by atoms with E-state index in [0.717, 1.165) is 5.57 Å². The lowest BCUT2D eigenvalue weighted by atomic mass is 10.3. The van der Waals surface area contributed by atoms with Crippen molar-refractivity contribution in [3.05, 3.63) is 115 Å². The van der Waals surface area contributed by atoms with Gasteiger partial charge in [-0.2, -0.15) is 0 Å². The van der Waals surface area contributed by atoms with E-state index in [9.17, 15) is 0 Å². The smallest absolute Gasteiger partial charge is 0.0960 e. The van der Waals surface area contributed by atoms with Crippen LogP contribution in [0.4, 0.5) is 0 Å². The molecule has 0 amide bonds. The van der Waals surface area contributed by atoms with E-state index >= 15 is 0 Å². The first kappa shape index (κ1) is 16.4. The lowest BCUT2D eigenvalue weighted by molar-refractivity contribution is 1.57. The highest BCUT2D eigenvalue weighted by atomic mass is 31.2. The minimum absolute atomic E-state index is 1.07. The molecule has 0 atom stereocenters. The van der Waals surface area contributed by atoms with Crippen LogP contribution in [0.3, 0.4) is 0 Å². The molecule has 0 bridgehead atoms. The summed E-state index contributed by atoms with van der Waals surface area (Å²) in [5.41, 5.74) is 1.07. The van der Waals surface area contributed by atoms with Crippen molar-refractivity contribution >= 4 is 23.2 Å². The summed E-state index contributed by atoms with van der Waals surface area (Å²) in [7, 11) is -1.85. The van der Waals surface area contributed by atoms with E-state index in [1.165, 1.54) is 15.9 Å². The van der Waals surface area contributed by atoms with Gasteiger partial charge in [-0.15, -0.1) is 0 Å². The average Bonchev–Trinajstić information content (AvgIpc) is 2.65. The highest BCUT2D eigenvalue weighted by Crippen LogP contribution is 2.56. The number of rotatable bonds is 5. The van der Waals surface area contributed by atoms with E-state index in [1.54, 1.807) is 0 Å². The quantitative estimate of drug-likeness (QED) is 0.453. The highest BCUT2D eigenvalue weighted by molar-refractivity contribution is 7.98. The fourth-order valence-electron chi connectivity index (χ4n) is 2.93. The third-order valence-electron chi connectivity index (χ3n) is 4.07. The normalized spacial score (nSPS) is 11.5. The summed E-state index contributed by atoms with van der Waals surface area (Å²) in [6, 6.07) is 32.5. The summed E-state index contributed by atoms with van der Waals surface area (Å²) in [6.07, 6.45) is 2.17. The van der Waals surface area contributed by atoms with Crippen molar-refractivity contribution in [2.75, 3.05) is 0 Å². The van der Waals surface area contributed by atoms with E-state index in [1.807, 2.05) is 6.92 Å². The number of allylic oxidation sites excluding steroid dienone is 2. The van der Waals surface area contributed by atoms with Gasteiger partial charge in [-0.3, -0.25) is 0 Å². The van der Waals surface area contributed by atoms with Crippen molar-refractivity contribution in [1.29, 1.82) is 0 Å². The van der Waals surface area contributed by atoms with Crippen LogP contribution in [0.2, 0.25) is 0 Å². The molecule has 0 saturated carbocycles. The van der Waals surface area contributed by atoms with Crippen LogP contribution in [-0.4, -0.2) is 0 Å². The van der Waals surface area contributed by atoms with Gasteiger partial charge < -0.3 is 0 Å². The first-order valence-electron chi connectivity index (χ1n) is 8.14. The van der Waals surface area contributed by atoms with Crippen molar-refractivity contribution < 1.29 is 0 Å².